The number of benzene rings is 2. The van der Waals surface area contributed by atoms with E-state index in [-0.39, 0.29) is 12.4 Å². The summed E-state index contributed by atoms with van der Waals surface area (Å²) in [6.45, 7) is -0.958. The van der Waals surface area contributed by atoms with Crippen LogP contribution in [0.1, 0.15) is 21.5 Å². The molecule has 2 rings (SSSR count). The smallest absolute Gasteiger partial charge is 0.416 e. The molecule has 6 nitrogen and oxygen atoms in total. The van der Waals surface area contributed by atoms with Crippen LogP contribution in [0.4, 0.5) is 13.2 Å². The summed E-state index contributed by atoms with van der Waals surface area (Å²) in [5.41, 5.74) is -0.841. The number of carbonyl (C=O) groups excluding carboxylic acids is 1. The molecule has 1 atom stereocenters. The van der Waals surface area contributed by atoms with Crippen LogP contribution in [0.15, 0.2) is 48.5 Å². The maximum Gasteiger partial charge on any atom is 0.416 e. The zero-order valence-electron chi connectivity index (χ0n) is 13.0. The summed E-state index contributed by atoms with van der Waals surface area (Å²) in [7, 11) is 0. The Balaban J connectivity index is 2.18. The highest BCUT2D eigenvalue weighted by atomic mass is 32.2. The van der Waals surface area contributed by atoms with E-state index in [2.05, 4.69) is 8.92 Å². The van der Waals surface area contributed by atoms with E-state index in [0.717, 1.165) is 17.7 Å². The van der Waals surface area contributed by atoms with Gasteiger partial charge in [-0.05, 0) is 23.8 Å². The van der Waals surface area contributed by atoms with Gasteiger partial charge >= 0.3 is 12.1 Å². The first kappa shape index (κ1) is 19.9. The normalized spacial score (nSPS) is 12.5. The molecule has 0 saturated heterocycles. The first-order valence-electron chi connectivity index (χ1n) is 7.04. The van der Waals surface area contributed by atoms with E-state index in [1.54, 1.807) is 30.3 Å². The average Bonchev–Trinajstić information content (AvgIpc) is 2.59. The van der Waals surface area contributed by atoms with Gasteiger partial charge in [0.25, 0.3) is 0 Å². The molecule has 1 unspecified atom stereocenters. The highest BCUT2D eigenvalue weighted by Gasteiger charge is 2.32. The van der Waals surface area contributed by atoms with Gasteiger partial charge in [-0.25, -0.2) is 9.00 Å². The molecule has 0 spiro atoms. The lowest BCUT2D eigenvalue weighted by Gasteiger charge is -2.13. The van der Waals surface area contributed by atoms with Gasteiger partial charge in [0, 0.05) is 0 Å². The van der Waals surface area contributed by atoms with Crippen LogP contribution < -0.4 is 4.74 Å². The molecule has 0 fully saturated rings. The lowest BCUT2D eigenvalue weighted by atomic mass is 10.1. The molecule has 0 aliphatic carbocycles. The Bertz CT molecular complexity index is 779. The van der Waals surface area contributed by atoms with Crippen LogP contribution >= 0.6 is 0 Å². The molecular formula is C16H12F3O6S-. The zero-order chi connectivity index (χ0) is 19.2. The summed E-state index contributed by atoms with van der Waals surface area (Å²) >= 11 is -2.92. The minimum absolute atomic E-state index is 0.00505. The highest BCUT2D eigenvalue weighted by Crippen LogP contribution is 2.33. The SMILES string of the molecule is O=C(OCOS(=O)[O-])c1cc(OCc2ccccc2)cc(C(F)(F)F)c1. The minimum Gasteiger partial charge on any atom is -0.750 e. The van der Waals surface area contributed by atoms with Gasteiger partial charge in [-0.3, -0.25) is 4.18 Å². The lowest BCUT2D eigenvalue weighted by molar-refractivity contribution is -0.137. The fourth-order valence-electron chi connectivity index (χ4n) is 1.90. The quantitative estimate of drug-likeness (QED) is 0.411. The maximum absolute atomic E-state index is 13.0. The van der Waals surface area contributed by atoms with Crippen molar-refractivity contribution in [2.75, 3.05) is 6.79 Å². The number of hydrogen-bond acceptors (Lipinski definition) is 6. The fraction of sp³-hybridized carbons (Fsp3) is 0.188. The van der Waals surface area contributed by atoms with Crippen molar-refractivity contribution < 1.29 is 40.4 Å². The van der Waals surface area contributed by atoms with Crippen LogP contribution in [0.5, 0.6) is 5.75 Å². The average molecular weight is 389 g/mol. The third-order valence-electron chi connectivity index (χ3n) is 3.05. The predicted octanol–water partition coefficient (Wildman–Crippen LogP) is 3.21. The van der Waals surface area contributed by atoms with Crippen molar-refractivity contribution in [2.24, 2.45) is 0 Å². The van der Waals surface area contributed by atoms with Crippen molar-refractivity contribution in [3.8, 4) is 5.75 Å². The molecule has 0 heterocycles. The maximum atomic E-state index is 13.0. The molecule has 0 saturated carbocycles. The number of alkyl halides is 3. The molecule has 26 heavy (non-hydrogen) atoms. The van der Waals surface area contributed by atoms with Gasteiger partial charge in [0.2, 0.25) is 6.79 Å². The van der Waals surface area contributed by atoms with Crippen LogP contribution in [0, 0.1) is 0 Å². The fourth-order valence-corrected chi connectivity index (χ4v) is 2.03. The third kappa shape index (κ3) is 6.14. The van der Waals surface area contributed by atoms with Crippen molar-refractivity contribution in [1.82, 2.24) is 0 Å². The van der Waals surface area contributed by atoms with Gasteiger partial charge in [-0.15, -0.1) is 0 Å². The van der Waals surface area contributed by atoms with Crippen molar-refractivity contribution in [3.05, 3.63) is 65.2 Å². The Morgan fingerprint density at radius 2 is 1.81 bits per heavy atom. The van der Waals surface area contributed by atoms with Gasteiger partial charge in [0.15, 0.2) is 0 Å². The molecule has 0 aliphatic rings. The van der Waals surface area contributed by atoms with Crippen molar-refractivity contribution in [1.29, 1.82) is 0 Å². The van der Waals surface area contributed by atoms with Gasteiger partial charge in [-0.2, -0.15) is 13.2 Å². The van der Waals surface area contributed by atoms with Gasteiger partial charge in [0.05, 0.1) is 22.5 Å². The van der Waals surface area contributed by atoms with E-state index >= 15 is 0 Å². The molecule has 0 radical (unpaired) electrons. The number of hydrogen-bond donors (Lipinski definition) is 0. The van der Waals surface area contributed by atoms with E-state index in [1.165, 1.54) is 0 Å². The Kier molecular flexibility index (Phi) is 6.72. The van der Waals surface area contributed by atoms with Gasteiger partial charge in [0.1, 0.15) is 12.4 Å². The summed E-state index contributed by atoms with van der Waals surface area (Å²) in [6, 6.07) is 11.1. The van der Waals surface area contributed by atoms with E-state index in [0.29, 0.717) is 6.07 Å². The molecule has 2 aromatic rings. The van der Waals surface area contributed by atoms with Crippen LogP contribution in [-0.2, 0) is 33.1 Å². The molecule has 2 aromatic carbocycles. The van der Waals surface area contributed by atoms with Crippen molar-refractivity contribution in [2.45, 2.75) is 12.8 Å². The first-order valence-corrected chi connectivity index (χ1v) is 8.04. The number of halogens is 3. The lowest BCUT2D eigenvalue weighted by Crippen LogP contribution is -2.13. The second-order valence-electron chi connectivity index (χ2n) is 4.89. The summed E-state index contributed by atoms with van der Waals surface area (Å²) in [5.74, 6) is -1.38. The molecule has 0 N–H and O–H groups in total. The summed E-state index contributed by atoms with van der Waals surface area (Å²) in [5, 5.41) is 0. The number of carbonyl (C=O) groups is 1. The topological polar surface area (TPSA) is 84.9 Å². The summed E-state index contributed by atoms with van der Waals surface area (Å²) in [6.07, 6.45) is -4.71. The van der Waals surface area contributed by atoms with Crippen molar-refractivity contribution >= 4 is 17.3 Å². The second-order valence-corrected chi connectivity index (χ2v) is 5.53. The van der Waals surface area contributed by atoms with Gasteiger partial charge < -0.3 is 14.0 Å². The van der Waals surface area contributed by atoms with Crippen LogP contribution in [0.25, 0.3) is 0 Å². The summed E-state index contributed by atoms with van der Waals surface area (Å²) in [4.78, 5) is 11.8. The molecular weight excluding hydrogens is 377 g/mol. The Morgan fingerprint density at radius 1 is 1.12 bits per heavy atom. The number of ether oxygens (including phenoxy) is 2. The van der Waals surface area contributed by atoms with E-state index < -0.39 is 41.4 Å². The van der Waals surface area contributed by atoms with Crippen LogP contribution in [0.3, 0.4) is 0 Å². The molecule has 0 bridgehead atoms. The largest absolute Gasteiger partial charge is 0.750 e. The van der Waals surface area contributed by atoms with E-state index in [4.69, 9.17) is 4.74 Å². The Labute approximate surface area is 149 Å². The monoisotopic (exact) mass is 389 g/mol. The Hall–Kier alpha value is -2.43. The zero-order valence-corrected chi connectivity index (χ0v) is 13.8. The second kappa shape index (κ2) is 8.79. The van der Waals surface area contributed by atoms with Crippen LogP contribution in [-0.4, -0.2) is 21.5 Å². The molecule has 0 aromatic heterocycles. The molecule has 10 heteroatoms. The minimum atomic E-state index is -4.71. The predicted molar refractivity (Wildman–Crippen MR) is 82.5 cm³/mol. The third-order valence-corrected chi connectivity index (χ3v) is 3.34. The number of esters is 1. The highest BCUT2D eigenvalue weighted by molar-refractivity contribution is 7.74. The van der Waals surface area contributed by atoms with E-state index in [1.807, 2.05) is 0 Å². The van der Waals surface area contributed by atoms with Crippen molar-refractivity contribution in [3.63, 3.8) is 0 Å². The Morgan fingerprint density at radius 3 is 2.42 bits per heavy atom. The standard InChI is InChI=1S/C16H13F3O6S/c17-16(18,19)13-6-12(15(20)24-10-25-26(21)22)7-14(8-13)23-9-11-4-2-1-3-5-11/h1-8H,9-10H2,(H,21,22)/p-1. The molecule has 0 amide bonds. The molecule has 140 valence electrons. The summed E-state index contributed by atoms with van der Waals surface area (Å²) < 4.78 is 73.2. The van der Waals surface area contributed by atoms with Gasteiger partial charge in [-0.1, -0.05) is 30.3 Å². The first-order chi connectivity index (χ1) is 12.3. The van der Waals surface area contributed by atoms with E-state index in [9.17, 15) is 26.7 Å². The molecule has 0 aliphatic heterocycles. The van der Waals surface area contributed by atoms with Crippen LogP contribution in [0.2, 0.25) is 0 Å². The number of rotatable bonds is 7.